The Morgan fingerprint density at radius 2 is 2.25 bits per heavy atom. The second-order valence-corrected chi connectivity index (χ2v) is 4.61. The fourth-order valence-corrected chi connectivity index (χ4v) is 2.16. The third-order valence-electron chi connectivity index (χ3n) is 3.29. The first-order valence-electron chi connectivity index (χ1n) is 6.31. The number of halogens is 1. The molecule has 1 aliphatic rings. The summed E-state index contributed by atoms with van der Waals surface area (Å²) in [7, 11) is 0. The van der Waals surface area contributed by atoms with Crippen LogP contribution in [0.5, 0.6) is 5.75 Å². The number of hydrogen-bond acceptors (Lipinski definition) is 3. The van der Waals surface area contributed by atoms with Crippen LogP contribution in [0.1, 0.15) is 15.9 Å². The summed E-state index contributed by atoms with van der Waals surface area (Å²) in [6.07, 6.45) is 3.19. The number of anilines is 1. The molecule has 20 heavy (non-hydrogen) atoms. The van der Waals surface area contributed by atoms with Crippen molar-refractivity contribution >= 4 is 11.6 Å². The van der Waals surface area contributed by atoms with Crippen molar-refractivity contribution in [1.82, 2.24) is 4.98 Å². The summed E-state index contributed by atoms with van der Waals surface area (Å²) in [5.41, 5.74) is 1.46. The van der Waals surface area contributed by atoms with Gasteiger partial charge in [-0.25, -0.2) is 4.39 Å². The van der Waals surface area contributed by atoms with Gasteiger partial charge in [0.05, 0.1) is 12.7 Å². The van der Waals surface area contributed by atoms with Gasteiger partial charge in [0.25, 0.3) is 5.91 Å². The van der Waals surface area contributed by atoms with E-state index >= 15 is 0 Å². The number of rotatable bonds is 1. The number of carbonyl (C=O) groups is 1. The predicted octanol–water partition coefficient (Wildman–Crippen LogP) is 2.57. The van der Waals surface area contributed by atoms with Gasteiger partial charge in [-0.1, -0.05) is 6.07 Å². The van der Waals surface area contributed by atoms with Crippen LogP contribution in [0.3, 0.4) is 0 Å². The SMILES string of the molecule is Cc1ccc(C(=O)N2CCOc3ccncc32)cc1F. The summed E-state index contributed by atoms with van der Waals surface area (Å²) < 4.78 is 19.1. The molecule has 0 N–H and O–H groups in total. The highest BCUT2D eigenvalue weighted by atomic mass is 19.1. The van der Waals surface area contributed by atoms with Crippen molar-refractivity contribution < 1.29 is 13.9 Å². The Kier molecular flexibility index (Phi) is 3.10. The largest absolute Gasteiger partial charge is 0.489 e. The van der Waals surface area contributed by atoms with Crippen molar-refractivity contribution in [2.75, 3.05) is 18.1 Å². The van der Waals surface area contributed by atoms with Gasteiger partial charge >= 0.3 is 0 Å². The maximum absolute atomic E-state index is 13.6. The number of amides is 1. The first-order chi connectivity index (χ1) is 9.66. The topological polar surface area (TPSA) is 42.4 Å². The Bertz CT molecular complexity index is 673. The zero-order chi connectivity index (χ0) is 14.1. The van der Waals surface area contributed by atoms with E-state index in [0.29, 0.717) is 35.7 Å². The van der Waals surface area contributed by atoms with E-state index in [1.165, 1.54) is 6.07 Å². The maximum atomic E-state index is 13.6. The van der Waals surface area contributed by atoms with Crippen LogP contribution in [0.25, 0.3) is 0 Å². The van der Waals surface area contributed by atoms with Crippen LogP contribution in [-0.2, 0) is 0 Å². The summed E-state index contributed by atoms with van der Waals surface area (Å²) in [6, 6.07) is 6.22. The van der Waals surface area contributed by atoms with E-state index in [2.05, 4.69) is 4.98 Å². The van der Waals surface area contributed by atoms with Gasteiger partial charge in [-0.3, -0.25) is 9.78 Å². The number of nitrogens with zero attached hydrogens (tertiary/aromatic N) is 2. The summed E-state index contributed by atoms with van der Waals surface area (Å²) in [5, 5.41) is 0. The molecule has 0 saturated carbocycles. The number of carbonyl (C=O) groups excluding carboxylic acids is 1. The minimum absolute atomic E-state index is 0.249. The molecule has 3 rings (SSSR count). The van der Waals surface area contributed by atoms with E-state index in [4.69, 9.17) is 4.74 Å². The van der Waals surface area contributed by atoms with Gasteiger partial charge in [0.15, 0.2) is 0 Å². The van der Waals surface area contributed by atoms with Crippen LogP contribution >= 0.6 is 0 Å². The molecule has 0 aliphatic carbocycles. The molecule has 0 unspecified atom stereocenters. The minimum atomic E-state index is -0.379. The fraction of sp³-hybridized carbons (Fsp3) is 0.200. The van der Waals surface area contributed by atoms with E-state index < -0.39 is 0 Å². The van der Waals surface area contributed by atoms with Gasteiger partial charge < -0.3 is 9.64 Å². The van der Waals surface area contributed by atoms with Gasteiger partial charge in [0.2, 0.25) is 0 Å². The molecule has 0 saturated heterocycles. The van der Waals surface area contributed by atoms with Crippen LogP contribution in [0.2, 0.25) is 0 Å². The Labute approximate surface area is 115 Å². The number of aromatic nitrogens is 1. The first kappa shape index (κ1) is 12.6. The lowest BCUT2D eigenvalue weighted by atomic mass is 10.1. The zero-order valence-electron chi connectivity index (χ0n) is 11.0. The van der Waals surface area contributed by atoms with E-state index in [0.717, 1.165) is 0 Å². The fourth-order valence-electron chi connectivity index (χ4n) is 2.16. The minimum Gasteiger partial charge on any atom is -0.489 e. The second-order valence-electron chi connectivity index (χ2n) is 4.61. The number of aryl methyl sites for hydroxylation is 1. The normalized spacial score (nSPS) is 13.6. The van der Waals surface area contributed by atoms with Crippen molar-refractivity contribution in [1.29, 1.82) is 0 Å². The monoisotopic (exact) mass is 272 g/mol. The highest BCUT2D eigenvalue weighted by Crippen LogP contribution is 2.31. The molecule has 1 aliphatic heterocycles. The molecule has 2 aromatic rings. The van der Waals surface area contributed by atoms with Crippen LogP contribution in [0.4, 0.5) is 10.1 Å². The number of hydrogen-bond donors (Lipinski definition) is 0. The molecule has 1 aromatic carbocycles. The van der Waals surface area contributed by atoms with Crippen molar-refractivity contribution in [2.45, 2.75) is 6.92 Å². The lowest BCUT2D eigenvalue weighted by Gasteiger charge is -2.29. The molecule has 4 nitrogen and oxygen atoms in total. The molecule has 0 bridgehead atoms. The van der Waals surface area contributed by atoms with Crippen LogP contribution in [-0.4, -0.2) is 24.0 Å². The van der Waals surface area contributed by atoms with Gasteiger partial charge in [-0.15, -0.1) is 0 Å². The summed E-state index contributed by atoms with van der Waals surface area (Å²) >= 11 is 0. The highest BCUT2D eigenvalue weighted by Gasteiger charge is 2.25. The zero-order valence-corrected chi connectivity index (χ0v) is 11.0. The number of fused-ring (bicyclic) bond motifs is 1. The van der Waals surface area contributed by atoms with E-state index in [1.54, 1.807) is 42.4 Å². The lowest BCUT2D eigenvalue weighted by Crippen LogP contribution is -2.38. The second kappa shape index (κ2) is 4.92. The Morgan fingerprint density at radius 3 is 3.05 bits per heavy atom. The Balaban J connectivity index is 1.97. The predicted molar refractivity (Wildman–Crippen MR) is 72.5 cm³/mol. The molecule has 0 atom stereocenters. The van der Waals surface area contributed by atoms with Crippen LogP contribution < -0.4 is 9.64 Å². The van der Waals surface area contributed by atoms with Gasteiger partial charge in [0, 0.05) is 17.8 Å². The van der Waals surface area contributed by atoms with E-state index in [-0.39, 0.29) is 11.7 Å². The number of benzene rings is 1. The molecule has 5 heteroatoms. The molecule has 0 fully saturated rings. The van der Waals surface area contributed by atoms with E-state index in [1.807, 2.05) is 0 Å². The standard InChI is InChI=1S/C15H13FN2O2/c1-10-2-3-11(8-12(10)16)15(19)18-6-7-20-14-4-5-17-9-13(14)18/h2-5,8-9H,6-7H2,1H3. The van der Waals surface area contributed by atoms with Crippen molar-refractivity contribution in [3.8, 4) is 5.75 Å². The van der Waals surface area contributed by atoms with Crippen LogP contribution in [0, 0.1) is 12.7 Å². The maximum Gasteiger partial charge on any atom is 0.258 e. The molecule has 0 spiro atoms. The summed E-state index contributed by atoms with van der Waals surface area (Å²) in [5.74, 6) is -0.0100. The average molecular weight is 272 g/mol. The molecule has 1 aromatic heterocycles. The van der Waals surface area contributed by atoms with E-state index in [9.17, 15) is 9.18 Å². The van der Waals surface area contributed by atoms with Crippen molar-refractivity contribution in [2.24, 2.45) is 0 Å². The lowest BCUT2D eigenvalue weighted by molar-refractivity contribution is 0.0976. The van der Waals surface area contributed by atoms with Crippen molar-refractivity contribution in [3.63, 3.8) is 0 Å². The summed E-state index contributed by atoms with van der Waals surface area (Å²) in [6.45, 7) is 2.50. The smallest absolute Gasteiger partial charge is 0.258 e. The quantitative estimate of drug-likeness (QED) is 0.801. The average Bonchev–Trinajstić information content (AvgIpc) is 2.49. The molecular formula is C15H13FN2O2. The summed E-state index contributed by atoms with van der Waals surface area (Å²) in [4.78, 5) is 18.1. The molecule has 102 valence electrons. The third-order valence-corrected chi connectivity index (χ3v) is 3.29. The van der Waals surface area contributed by atoms with Gasteiger partial charge in [-0.05, 0) is 24.6 Å². The number of pyridine rings is 1. The Morgan fingerprint density at radius 1 is 1.40 bits per heavy atom. The first-order valence-corrected chi connectivity index (χ1v) is 6.31. The highest BCUT2D eigenvalue weighted by molar-refractivity contribution is 6.07. The third kappa shape index (κ3) is 2.11. The van der Waals surface area contributed by atoms with Gasteiger partial charge in [-0.2, -0.15) is 0 Å². The molecular weight excluding hydrogens is 259 g/mol. The molecule has 1 amide bonds. The Hall–Kier alpha value is -2.43. The van der Waals surface area contributed by atoms with Crippen molar-refractivity contribution in [3.05, 3.63) is 53.6 Å². The number of ether oxygens (including phenoxy) is 1. The van der Waals surface area contributed by atoms with Crippen LogP contribution in [0.15, 0.2) is 36.7 Å². The molecule has 2 heterocycles. The van der Waals surface area contributed by atoms with Gasteiger partial charge in [0.1, 0.15) is 23.9 Å². The molecule has 0 radical (unpaired) electrons.